The number of carbonyl (C=O) groups is 2. The number of carbonyl (C=O) groups excluding carboxylic acids is 2. The average Bonchev–Trinajstić information content (AvgIpc) is 3.55. The van der Waals surface area contributed by atoms with E-state index >= 15 is 0 Å². The average molecular weight is 578 g/mol. The van der Waals surface area contributed by atoms with Gasteiger partial charge in [0.1, 0.15) is 5.76 Å². The van der Waals surface area contributed by atoms with Crippen LogP contribution in [0, 0.1) is 20.8 Å². The van der Waals surface area contributed by atoms with Crippen LogP contribution in [0.15, 0.2) is 94.8 Å². The zero-order valence-corrected chi connectivity index (χ0v) is 24.4. The fraction of sp³-hybridized carbons (Fsp3) is 0.152. The number of aliphatic hydroxyl groups excluding tert-OH is 1. The number of anilines is 1. The number of rotatable bonds is 6. The maximum atomic E-state index is 13.6. The number of aryl methyl sites for hydroxylation is 3. The zero-order chi connectivity index (χ0) is 28.7. The van der Waals surface area contributed by atoms with Gasteiger partial charge in [0.2, 0.25) is 5.13 Å². The van der Waals surface area contributed by atoms with Crippen molar-refractivity contribution in [3.05, 3.63) is 124 Å². The smallest absolute Gasteiger partial charge is 0.301 e. The van der Waals surface area contributed by atoms with Crippen molar-refractivity contribution in [3.63, 3.8) is 0 Å². The summed E-state index contributed by atoms with van der Waals surface area (Å²) in [7, 11) is 0. The molecule has 5 aromatic rings. The van der Waals surface area contributed by atoms with Crippen molar-refractivity contribution in [3.8, 4) is 0 Å². The Morgan fingerprint density at radius 2 is 1.63 bits per heavy atom. The fourth-order valence-electron chi connectivity index (χ4n) is 5.15. The molecular formula is C33H27N3O3S2. The molecule has 1 amide bonds. The van der Waals surface area contributed by atoms with Crippen molar-refractivity contribution >= 4 is 56.5 Å². The second kappa shape index (κ2) is 11.0. The number of nitrogens with zero attached hydrogens (tertiary/aromatic N) is 3. The summed E-state index contributed by atoms with van der Waals surface area (Å²) < 4.78 is 0.687. The Morgan fingerprint density at radius 3 is 2.44 bits per heavy atom. The van der Waals surface area contributed by atoms with Gasteiger partial charge in [0.25, 0.3) is 5.78 Å². The van der Waals surface area contributed by atoms with Crippen molar-refractivity contribution in [2.24, 2.45) is 0 Å². The molecule has 4 aromatic carbocycles. The number of Topliss-reactive ketones (excluding diaryl/α,β-unsaturated/α-hetero) is 1. The van der Waals surface area contributed by atoms with Gasteiger partial charge in [-0.05, 0) is 54.3 Å². The van der Waals surface area contributed by atoms with Crippen LogP contribution in [0.1, 0.15) is 39.4 Å². The maximum Gasteiger partial charge on any atom is 0.301 e. The summed E-state index contributed by atoms with van der Waals surface area (Å²) in [5.74, 6) is -0.978. The van der Waals surface area contributed by atoms with Crippen LogP contribution in [0.4, 0.5) is 5.13 Å². The standard InChI is InChI=1S/C33H27N3O3S2/c1-19-12-15-23(16-13-19)28-27(29(37)26-17-20(2)11-14-21(26)3)30(38)31(39)36(28)32-34-35-33(41-32)40-18-24-9-6-8-22-7-4-5-10-25(22)24/h4-17,28,37H,18H2,1-3H3/b29-27+. The highest BCUT2D eigenvalue weighted by atomic mass is 32.2. The van der Waals surface area contributed by atoms with Crippen LogP contribution in [0.2, 0.25) is 0 Å². The summed E-state index contributed by atoms with van der Waals surface area (Å²) in [6.07, 6.45) is 0. The Balaban J connectivity index is 1.38. The molecule has 2 heterocycles. The number of benzene rings is 4. The summed E-state index contributed by atoms with van der Waals surface area (Å²) >= 11 is 2.80. The third-order valence-corrected chi connectivity index (χ3v) is 9.42. The molecule has 0 radical (unpaired) electrons. The van der Waals surface area contributed by atoms with Gasteiger partial charge in [-0.25, -0.2) is 0 Å². The number of amides is 1. The van der Waals surface area contributed by atoms with Crippen LogP contribution in [0.25, 0.3) is 16.5 Å². The lowest BCUT2D eigenvalue weighted by molar-refractivity contribution is -0.132. The molecule has 0 aliphatic carbocycles. The van der Waals surface area contributed by atoms with E-state index in [1.807, 2.05) is 81.4 Å². The van der Waals surface area contributed by atoms with E-state index in [1.54, 1.807) is 0 Å². The highest BCUT2D eigenvalue weighted by Gasteiger charge is 2.48. The molecule has 204 valence electrons. The number of fused-ring (bicyclic) bond motifs is 1. The molecule has 41 heavy (non-hydrogen) atoms. The minimum absolute atomic E-state index is 0.0488. The number of aromatic nitrogens is 2. The topological polar surface area (TPSA) is 83.4 Å². The van der Waals surface area contributed by atoms with Crippen LogP contribution < -0.4 is 4.90 Å². The molecule has 1 aliphatic rings. The van der Waals surface area contributed by atoms with E-state index in [2.05, 4.69) is 34.5 Å². The molecule has 0 spiro atoms. The predicted molar refractivity (Wildman–Crippen MR) is 165 cm³/mol. The third kappa shape index (κ3) is 5.05. The molecule has 0 saturated carbocycles. The first-order valence-corrected chi connectivity index (χ1v) is 15.0. The van der Waals surface area contributed by atoms with Crippen molar-refractivity contribution in [2.45, 2.75) is 36.9 Å². The second-order valence-electron chi connectivity index (χ2n) is 10.2. The number of aliphatic hydroxyl groups is 1. The molecule has 1 aromatic heterocycles. The quantitative estimate of drug-likeness (QED) is 0.0738. The molecule has 1 N–H and O–H groups in total. The van der Waals surface area contributed by atoms with E-state index in [0.29, 0.717) is 26.4 Å². The summed E-state index contributed by atoms with van der Waals surface area (Å²) in [4.78, 5) is 28.5. The summed E-state index contributed by atoms with van der Waals surface area (Å²) in [6, 6.07) is 26.9. The van der Waals surface area contributed by atoms with E-state index in [-0.39, 0.29) is 11.3 Å². The predicted octanol–water partition coefficient (Wildman–Crippen LogP) is 7.54. The largest absolute Gasteiger partial charge is 0.507 e. The number of thioether (sulfide) groups is 1. The maximum absolute atomic E-state index is 13.6. The van der Waals surface area contributed by atoms with E-state index < -0.39 is 17.7 Å². The Bertz CT molecular complexity index is 1840. The van der Waals surface area contributed by atoms with Crippen LogP contribution in [-0.4, -0.2) is 27.0 Å². The highest BCUT2D eigenvalue weighted by molar-refractivity contribution is 8.00. The van der Waals surface area contributed by atoms with Crippen LogP contribution >= 0.6 is 23.1 Å². The van der Waals surface area contributed by atoms with Gasteiger partial charge >= 0.3 is 5.91 Å². The van der Waals surface area contributed by atoms with Gasteiger partial charge in [0.05, 0.1) is 11.6 Å². The molecule has 8 heteroatoms. The molecule has 1 saturated heterocycles. The van der Waals surface area contributed by atoms with Crippen LogP contribution in [-0.2, 0) is 15.3 Å². The first-order chi connectivity index (χ1) is 19.8. The monoisotopic (exact) mass is 577 g/mol. The van der Waals surface area contributed by atoms with Crippen molar-refractivity contribution in [1.82, 2.24) is 10.2 Å². The number of hydrogen-bond acceptors (Lipinski definition) is 7. The summed E-state index contributed by atoms with van der Waals surface area (Å²) in [6.45, 7) is 5.77. The number of ketones is 1. The molecule has 1 fully saturated rings. The van der Waals surface area contributed by atoms with Crippen molar-refractivity contribution in [2.75, 3.05) is 4.90 Å². The molecule has 0 bridgehead atoms. The van der Waals surface area contributed by atoms with Crippen molar-refractivity contribution < 1.29 is 14.7 Å². The minimum atomic E-state index is -0.834. The Morgan fingerprint density at radius 1 is 0.902 bits per heavy atom. The van der Waals surface area contributed by atoms with Crippen LogP contribution in [0.5, 0.6) is 0 Å². The number of hydrogen-bond donors (Lipinski definition) is 1. The van der Waals surface area contributed by atoms with E-state index in [0.717, 1.165) is 16.7 Å². The lowest BCUT2D eigenvalue weighted by Crippen LogP contribution is -2.29. The van der Waals surface area contributed by atoms with E-state index in [4.69, 9.17) is 0 Å². The van der Waals surface area contributed by atoms with Gasteiger partial charge < -0.3 is 5.11 Å². The van der Waals surface area contributed by atoms with Crippen molar-refractivity contribution in [1.29, 1.82) is 0 Å². The van der Waals surface area contributed by atoms with Gasteiger partial charge in [-0.2, -0.15) is 0 Å². The van der Waals surface area contributed by atoms with Gasteiger partial charge in [-0.15, -0.1) is 10.2 Å². The van der Waals surface area contributed by atoms with Crippen LogP contribution in [0.3, 0.4) is 0 Å². The first kappa shape index (κ1) is 26.9. The Hall–Kier alpha value is -4.27. The normalized spacial score (nSPS) is 16.6. The van der Waals surface area contributed by atoms with E-state index in [1.165, 1.54) is 44.3 Å². The highest BCUT2D eigenvalue weighted by Crippen LogP contribution is 2.44. The molecule has 1 aliphatic heterocycles. The molecule has 1 atom stereocenters. The fourth-order valence-corrected chi connectivity index (χ4v) is 7.02. The van der Waals surface area contributed by atoms with Gasteiger partial charge in [0.15, 0.2) is 4.34 Å². The summed E-state index contributed by atoms with van der Waals surface area (Å²) in [5, 5.41) is 22.9. The lowest BCUT2D eigenvalue weighted by atomic mass is 9.93. The van der Waals surface area contributed by atoms with Gasteiger partial charge in [-0.1, -0.05) is 113 Å². The first-order valence-electron chi connectivity index (χ1n) is 13.2. The molecular weight excluding hydrogens is 551 g/mol. The Kier molecular flexibility index (Phi) is 7.19. The SMILES string of the molecule is Cc1ccc(C2/C(=C(\O)c3cc(C)ccc3C)C(=O)C(=O)N2c2nnc(SCc3cccc4ccccc34)s2)cc1. The molecule has 1 unspecified atom stereocenters. The Labute approximate surface area is 246 Å². The lowest BCUT2D eigenvalue weighted by Gasteiger charge is -2.23. The molecule has 6 nitrogen and oxygen atoms in total. The zero-order valence-electron chi connectivity index (χ0n) is 22.8. The third-order valence-electron chi connectivity index (χ3n) is 7.32. The van der Waals surface area contributed by atoms with E-state index in [9.17, 15) is 14.7 Å². The van der Waals surface area contributed by atoms with Gasteiger partial charge in [0, 0.05) is 11.3 Å². The summed E-state index contributed by atoms with van der Waals surface area (Å²) in [5.41, 5.74) is 5.26. The second-order valence-corrected chi connectivity index (χ2v) is 12.4. The minimum Gasteiger partial charge on any atom is -0.507 e. The van der Waals surface area contributed by atoms with Gasteiger partial charge in [-0.3, -0.25) is 14.5 Å². The molecule has 6 rings (SSSR count).